The average Bonchev–Trinajstić information content (AvgIpc) is 3.21. The third-order valence-electron chi connectivity index (χ3n) is 4.95. The number of rotatable bonds is 6. The largest absolute Gasteiger partial charge is 0.503 e. The molecule has 0 radical (unpaired) electrons. The van der Waals surface area contributed by atoms with Gasteiger partial charge >= 0.3 is 0 Å². The Balaban J connectivity index is 1.91. The topological polar surface area (TPSA) is 73.7 Å². The number of aliphatic hydroxyl groups is 1. The molecule has 2 aliphatic heterocycles. The Labute approximate surface area is 148 Å². The summed E-state index contributed by atoms with van der Waals surface area (Å²) in [5, 5.41) is 10.4. The van der Waals surface area contributed by atoms with Crippen molar-refractivity contribution in [1.29, 1.82) is 0 Å². The molecule has 134 valence electrons. The van der Waals surface area contributed by atoms with E-state index in [-0.39, 0.29) is 17.3 Å². The first-order valence-electron chi connectivity index (χ1n) is 8.91. The highest BCUT2D eigenvalue weighted by Crippen LogP contribution is 2.38. The molecule has 6 nitrogen and oxygen atoms in total. The number of aliphatic hydroxyl groups excluding tert-OH is 1. The van der Waals surface area contributed by atoms with Crippen molar-refractivity contribution in [3.05, 3.63) is 41.4 Å². The predicted octanol–water partition coefficient (Wildman–Crippen LogP) is 2.10. The Morgan fingerprint density at radius 1 is 1.32 bits per heavy atom. The normalized spacial score (nSPS) is 21.6. The predicted molar refractivity (Wildman–Crippen MR) is 93.9 cm³/mol. The standard InChI is InChI=1S/C19H25N3O3/c1-13(2)17(23)15-16(14-6-5-7-20-12-14)22(19(25)18(15)24)11-10-21-8-3-4-9-21/h5-7,12-13,16,24H,3-4,8-11H2,1-2H3. The number of ketones is 1. The monoisotopic (exact) mass is 343 g/mol. The number of pyridine rings is 1. The van der Waals surface area contributed by atoms with Crippen LogP contribution in [-0.2, 0) is 9.59 Å². The molecule has 0 bridgehead atoms. The van der Waals surface area contributed by atoms with E-state index in [0.29, 0.717) is 6.54 Å². The highest BCUT2D eigenvalue weighted by Gasteiger charge is 2.43. The van der Waals surface area contributed by atoms with Gasteiger partial charge in [0, 0.05) is 31.4 Å². The molecule has 1 amide bonds. The Bertz CT molecular complexity index is 678. The Morgan fingerprint density at radius 3 is 2.64 bits per heavy atom. The van der Waals surface area contributed by atoms with Crippen LogP contribution in [0.3, 0.4) is 0 Å². The number of amides is 1. The number of likely N-dealkylation sites (tertiary alicyclic amines) is 1. The second-order valence-electron chi connectivity index (χ2n) is 7.02. The van der Waals surface area contributed by atoms with Gasteiger partial charge in [0.15, 0.2) is 11.5 Å². The highest BCUT2D eigenvalue weighted by atomic mass is 16.3. The van der Waals surface area contributed by atoms with Gasteiger partial charge in [-0.1, -0.05) is 19.9 Å². The molecule has 0 saturated carbocycles. The van der Waals surface area contributed by atoms with E-state index in [1.807, 2.05) is 6.07 Å². The summed E-state index contributed by atoms with van der Waals surface area (Å²) in [5.41, 5.74) is 0.958. The second kappa shape index (κ2) is 7.35. The first kappa shape index (κ1) is 17.6. The maximum Gasteiger partial charge on any atom is 0.290 e. The minimum atomic E-state index is -0.557. The van der Waals surface area contributed by atoms with E-state index >= 15 is 0 Å². The van der Waals surface area contributed by atoms with Crippen LogP contribution >= 0.6 is 0 Å². The van der Waals surface area contributed by atoms with Crippen molar-refractivity contribution in [1.82, 2.24) is 14.8 Å². The number of carbonyl (C=O) groups excluding carboxylic acids is 2. The lowest BCUT2D eigenvalue weighted by molar-refractivity contribution is -0.129. The van der Waals surface area contributed by atoms with E-state index in [9.17, 15) is 14.7 Å². The van der Waals surface area contributed by atoms with E-state index in [1.54, 1.807) is 37.2 Å². The molecule has 1 fully saturated rings. The lowest BCUT2D eigenvalue weighted by Gasteiger charge is -2.28. The fourth-order valence-corrected chi connectivity index (χ4v) is 3.59. The molecule has 3 heterocycles. The molecular formula is C19H25N3O3. The maximum absolute atomic E-state index is 12.7. The summed E-state index contributed by atoms with van der Waals surface area (Å²) in [7, 11) is 0. The van der Waals surface area contributed by atoms with Gasteiger partial charge in [-0.05, 0) is 37.6 Å². The molecule has 1 aromatic rings. The Hall–Kier alpha value is -2.21. The van der Waals surface area contributed by atoms with Gasteiger partial charge in [0.2, 0.25) is 0 Å². The summed E-state index contributed by atoms with van der Waals surface area (Å²) in [6.45, 7) is 6.87. The number of aromatic nitrogens is 1. The van der Waals surface area contributed by atoms with E-state index in [1.165, 1.54) is 12.8 Å². The maximum atomic E-state index is 12.7. The van der Waals surface area contributed by atoms with Gasteiger partial charge < -0.3 is 14.9 Å². The molecule has 1 aromatic heterocycles. The van der Waals surface area contributed by atoms with Crippen LogP contribution in [0, 0.1) is 5.92 Å². The van der Waals surface area contributed by atoms with Gasteiger partial charge in [-0.25, -0.2) is 0 Å². The zero-order valence-corrected chi connectivity index (χ0v) is 14.8. The lowest BCUT2D eigenvalue weighted by Crippen LogP contribution is -2.38. The third kappa shape index (κ3) is 3.44. The van der Waals surface area contributed by atoms with Crippen LogP contribution in [0.15, 0.2) is 35.9 Å². The lowest BCUT2D eigenvalue weighted by atomic mass is 9.92. The number of hydrogen-bond donors (Lipinski definition) is 1. The molecule has 1 saturated heterocycles. The van der Waals surface area contributed by atoms with E-state index in [4.69, 9.17) is 0 Å². The molecule has 6 heteroatoms. The molecule has 25 heavy (non-hydrogen) atoms. The van der Waals surface area contributed by atoms with Crippen LogP contribution in [0.1, 0.15) is 38.3 Å². The summed E-state index contributed by atoms with van der Waals surface area (Å²) in [5.74, 6) is -1.35. The van der Waals surface area contributed by atoms with Crippen LogP contribution in [0.25, 0.3) is 0 Å². The molecule has 3 rings (SSSR count). The summed E-state index contributed by atoms with van der Waals surface area (Å²) in [6, 6.07) is 3.07. The van der Waals surface area contributed by atoms with Crippen molar-refractivity contribution in [3.8, 4) is 0 Å². The molecule has 2 aliphatic rings. The van der Waals surface area contributed by atoms with E-state index in [2.05, 4.69) is 9.88 Å². The van der Waals surface area contributed by atoms with E-state index < -0.39 is 17.7 Å². The number of carbonyl (C=O) groups is 2. The molecule has 0 spiro atoms. The van der Waals surface area contributed by atoms with Gasteiger partial charge in [-0.2, -0.15) is 0 Å². The molecule has 1 unspecified atom stereocenters. The molecular weight excluding hydrogens is 318 g/mol. The number of hydrogen-bond acceptors (Lipinski definition) is 5. The van der Waals surface area contributed by atoms with E-state index in [0.717, 1.165) is 25.2 Å². The van der Waals surface area contributed by atoms with Gasteiger partial charge in [-0.15, -0.1) is 0 Å². The average molecular weight is 343 g/mol. The first-order valence-corrected chi connectivity index (χ1v) is 8.91. The fourth-order valence-electron chi connectivity index (χ4n) is 3.59. The second-order valence-corrected chi connectivity index (χ2v) is 7.02. The first-order chi connectivity index (χ1) is 12.0. The van der Waals surface area contributed by atoms with Gasteiger partial charge in [0.05, 0.1) is 11.6 Å². The van der Waals surface area contributed by atoms with Crippen molar-refractivity contribution in [2.75, 3.05) is 26.2 Å². The van der Waals surface area contributed by atoms with Crippen LogP contribution in [-0.4, -0.2) is 57.8 Å². The van der Waals surface area contributed by atoms with Crippen molar-refractivity contribution < 1.29 is 14.7 Å². The summed E-state index contributed by atoms with van der Waals surface area (Å²) >= 11 is 0. The minimum Gasteiger partial charge on any atom is -0.503 e. The van der Waals surface area contributed by atoms with Crippen LogP contribution in [0.4, 0.5) is 0 Å². The van der Waals surface area contributed by atoms with Gasteiger partial charge in [-0.3, -0.25) is 14.6 Å². The van der Waals surface area contributed by atoms with Crippen molar-refractivity contribution in [2.24, 2.45) is 5.92 Å². The van der Waals surface area contributed by atoms with Crippen LogP contribution in [0.2, 0.25) is 0 Å². The summed E-state index contributed by atoms with van der Waals surface area (Å²) in [4.78, 5) is 33.4. The molecule has 0 aliphatic carbocycles. The minimum absolute atomic E-state index is 0.191. The summed E-state index contributed by atoms with van der Waals surface area (Å²) < 4.78 is 0. The number of nitrogens with zero attached hydrogens (tertiary/aromatic N) is 3. The molecule has 1 atom stereocenters. The highest BCUT2D eigenvalue weighted by molar-refractivity contribution is 6.09. The molecule has 0 aromatic carbocycles. The van der Waals surface area contributed by atoms with Crippen molar-refractivity contribution in [2.45, 2.75) is 32.7 Å². The zero-order valence-electron chi connectivity index (χ0n) is 14.8. The van der Waals surface area contributed by atoms with Gasteiger partial charge in [0.1, 0.15) is 0 Å². The Kier molecular flexibility index (Phi) is 5.18. The quantitative estimate of drug-likeness (QED) is 0.856. The van der Waals surface area contributed by atoms with Crippen molar-refractivity contribution >= 4 is 11.7 Å². The SMILES string of the molecule is CC(C)C(=O)C1=C(O)C(=O)N(CCN2CCCC2)C1c1cccnc1. The zero-order chi connectivity index (χ0) is 18.0. The summed E-state index contributed by atoms with van der Waals surface area (Å²) in [6.07, 6.45) is 5.68. The molecule has 1 N–H and O–H groups in total. The fraction of sp³-hybridized carbons (Fsp3) is 0.526. The van der Waals surface area contributed by atoms with Crippen LogP contribution < -0.4 is 0 Å². The van der Waals surface area contributed by atoms with Gasteiger partial charge in [0.25, 0.3) is 5.91 Å². The van der Waals surface area contributed by atoms with Crippen LogP contribution in [0.5, 0.6) is 0 Å². The Morgan fingerprint density at radius 2 is 2.04 bits per heavy atom. The number of Topliss-reactive ketones (excluding diaryl/α,β-unsaturated/α-hetero) is 1. The smallest absolute Gasteiger partial charge is 0.290 e. The van der Waals surface area contributed by atoms with Crippen molar-refractivity contribution in [3.63, 3.8) is 0 Å². The third-order valence-corrected chi connectivity index (χ3v) is 4.95.